The third kappa shape index (κ3) is 1.99. The zero-order chi connectivity index (χ0) is 12.5. The number of rotatable bonds is 1. The molecule has 18 heavy (non-hydrogen) atoms. The maximum atomic E-state index is 13.9. The highest BCUT2D eigenvalue weighted by atomic mass is 19.1. The minimum atomic E-state index is -0.430. The van der Waals surface area contributed by atoms with E-state index >= 15 is 0 Å². The van der Waals surface area contributed by atoms with Crippen LogP contribution in [0.1, 0.15) is 0 Å². The quantitative estimate of drug-likeness (QED) is 0.766. The van der Waals surface area contributed by atoms with E-state index in [0.717, 1.165) is 31.9 Å². The standard InChI is InChI=1S/C12H14FN3O2/c13-9-5-8(16-3-1-14-2-4-16)6-10-12(9)18-7-11(17)15-10/h5-6,14H,1-4,7H2,(H,15,17). The van der Waals surface area contributed by atoms with E-state index in [0.29, 0.717) is 5.69 Å². The SMILES string of the molecule is O=C1COc2c(F)cc(N3CCNCC3)cc2N1. The van der Waals surface area contributed by atoms with Crippen molar-refractivity contribution in [3.05, 3.63) is 17.9 Å². The molecular weight excluding hydrogens is 237 g/mol. The lowest BCUT2D eigenvalue weighted by molar-refractivity contribution is -0.118. The Balaban J connectivity index is 1.94. The number of fused-ring (bicyclic) bond motifs is 1. The Morgan fingerprint density at radius 3 is 2.83 bits per heavy atom. The Morgan fingerprint density at radius 1 is 1.28 bits per heavy atom. The number of carbonyl (C=O) groups excluding carboxylic acids is 1. The first kappa shape index (κ1) is 11.3. The van der Waals surface area contributed by atoms with Gasteiger partial charge in [-0.05, 0) is 6.07 Å². The molecule has 1 amide bonds. The third-order valence-electron chi connectivity index (χ3n) is 3.13. The van der Waals surface area contributed by atoms with Gasteiger partial charge >= 0.3 is 0 Å². The molecule has 2 aliphatic heterocycles. The fourth-order valence-corrected chi connectivity index (χ4v) is 2.25. The summed E-state index contributed by atoms with van der Waals surface area (Å²) in [4.78, 5) is 13.3. The predicted molar refractivity (Wildman–Crippen MR) is 65.6 cm³/mol. The van der Waals surface area contributed by atoms with Crippen LogP contribution in [0.15, 0.2) is 12.1 Å². The van der Waals surface area contributed by atoms with Crippen LogP contribution >= 0.6 is 0 Å². The molecule has 3 rings (SSSR count). The highest BCUT2D eigenvalue weighted by molar-refractivity contribution is 5.96. The minimum Gasteiger partial charge on any atom is -0.478 e. The molecule has 2 N–H and O–H groups in total. The van der Waals surface area contributed by atoms with Gasteiger partial charge < -0.3 is 20.3 Å². The van der Waals surface area contributed by atoms with Crippen molar-refractivity contribution in [2.75, 3.05) is 43.0 Å². The number of hydrogen-bond donors (Lipinski definition) is 2. The zero-order valence-electron chi connectivity index (χ0n) is 9.83. The molecule has 6 heteroatoms. The molecule has 1 saturated heterocycles. The summed E-state index contributed by atoms with van der Waals surface area (Å²) >= 11 is 0. The van der Waals surface area contributed by atoms with Gasteiger partial charge in [0.15, 0.2) is 18.2 Å². The van der Waals surface area contributed by atoms with Gasteiger partial charge in [0.25, 0.3) is 5.91 Å². The molecule has 0 aromatic heterocycles. The van der Waals surface area contributed by atoms with E-state index in [1.165, 1.54) is 6.07 Å². The fourth-order valence-electron chi connectivity index (χ4n) is 2.25. The van der Waals surface area contributed by atoms with E-state index in [-0.39, 0.29) is 18.3 Å². The maximum Gasteiger partial charge on any atom is 0.262 e. The summed E-state index contributed by atoms with van der Waals surface area (Å²) in [6.07, 6.45) is 0. The highest BCUT2D eigenvalue weighted by Gasteiger charge is 2.22. The average molecular weight is 251 g/mol. The lowest BCUT2D eigenvalue weighted by atomic mass is 10.2. The van der Waals surface area contributed by atoms with Gasteiger partial charge in [0.1, 0.15) is 0 Å². The second kappa shape index (κ2) is 4.45. The number of piperazine rings is 1. The summed E-state index contributed by atoms with van der Waals surface area (Å²) in [5.74, 6) is -0.547. The molecule has 0 saturated carbocycles. The molecule has 1 aromatic rings. The van der Waals surface area contributed by atoms with Crippen LogP contribution in [0.4, 0.5) is 15.8 Å². The molecule has 1 fully saturated rings. The maximum absolute atomic E-state index is 13.9. The topological polar surface area (TPSA) is 53.6 Å². The molecular formula is C12H14FN3O2. The highest BCUT2D eigenvalue weighted by Crippen LogP contribution is 2.35. The molecule has 96 valence electrons. The van der Waals surface area contributed by atoms with Crippen LogP contribution in [0.5, 0.6) is 5.75 Å². The lowest BCUT2D eigenvalue weighted by Crippen LogP contribution is -2.43. The zero-order valence-corrected chi connectivity index (χ0v) is 9.83. The van der Waals surface area contributed by atoms with E-state index in [9.17, 15) is 9.18 Å². The second-order valence-electron chi connectivity index (χ2n) is 4.38. The smallest absolute Gasteiger partial charge is 0.262 e. The normalized spacial score (nSPS) is 18.9. The first-order chi connectivity index (χ1) is 8.74. The summed E-state index contributed by atoms with van der Waals surface area (Å²) in [6.45, 7) is 3.28. The number of halogens is 1. The number of anilines is 2. The van der Waals surface area contributed by atoms with Crippen molar-refractivity contribution in [2.45, 2.75) is 0 Å². The first-order valence-corrected chi connectivity index (χ1v) is 5.96. The van der Waals surface area contributed by atoms with Gasteiger partial charge in [-0.1, -0.05) is 0 Å². The van der Waals surface area contributed by atoms with Crippen LogP contribution in [0.3, 0.4) is 0 Å². The summed E-state index contributed by atoms with van der Waals surface area (Å²) in [6, 6.07) is 3.22. The van der Waals surface area contributed by atoms with Gasteiger partial charge in [-0.25, -0.2) is 4.39 Å². The number of carbonyl (C=O) groups is 1. The van der Waals surface area contributed by atoms with E-state index in [1.807, 2.05) is 0 Å². The molecule has 0 aliphatic carbocycles. The molecule has 1 aromatic carbocycles. The van der Waals surface area contributed by atoms with Gasteiger partial charge in [0.05, 0.1) is 5.69 Å². The Hall–Kier alpha value is -1.82. The number of ether oxygens (including phenoxy) is 1. The van der Waals surface area contributed by atoms with Gasteiger partial charge in [0, 0.05) is 37.9 Å². The van der Waals surface area contributed by atoms with E-state index in [4.69, 9.17) is 4.74 Å². The van der Waals surface area contributed by atoms with Crippen molar-refractivity contribution in [3.63, 3.8) is 0 Å². The minimum absolute atomic E-state index is 0.128. The van der Waals surface area contributed by atoms with Crippen molar-refractivity contribution in [3.8, 4) is 5.75 Å². The Kier molecular flexibility index (Phi) is 2.79. The molecule has 2 aliphatic rings. The number of nitrogens with one attached hydrogen (secondary N) is 2. The summed E-state index contributed by atoms with van der Waals surface area (Å²) in [5, 5.41) is 5.87. The Morgan fingerprint density at radius 2 is 2.06 bits per heavy atom. The second-order valence-corrected chi connectivity index (χ2v) is 4.38. The Bertz CT molecular complexity index is 486. The van der Waals surface area contributed by atoms with Crippen molar-refractivity contribution in [1.82, 2.24) is 5.32 Å². The van der Waals surface area contributed by atoms with E-state index in [1.54, 1.807) is 6.07 Å². The molecule has 0 unspecified atom stereocenters. The predicted octanol–water partition coefficient (Wildman–Crippen LogP) is 0.566. The largest absolute Gasteiger partial charge is 0.478 e. The number of benzene rings is 1. The number of amides is 1. The van der Waals surface area contributed by atoms with Gasteiger partial charge in [-0.2, -0.15) is 0 Å². The molecule has 5 nitrogen and oxygen atoms in total. The number of nitrogens with zero attached hydrogens (tertiary/aromatic N) is 1. The molecule has 2 heterocycles. The van der Waals surface area contributed by atoms with E-state index < -0.39 is 5.82 Å². The van der Waals surface area contributed by atoms with E-state index in [2.05, 4.69) is 15.5 Å². The molecule has 0 bridgehead atoms. The van der Waals surface area contributed by atoms with Crippen LogP contribution in [-0.4, -0.2) is 38.7 Å². The average Bonchev–Trinajstić information content (AvgIpc) is 2.39. The summed E-state index contributed by atoms with van der Waals surface area (Å²) < 4.78 is 19.0. The molecule has 0 atom stereocenters. The first-order valence-electron chi connectivity index (χ1n) is 5.96. The lowest BCUT2D eigenvalue weighted by Gasteiger charge is -2.30. The summed E-state index contributed by atoms with van der Waals surface area (Å²) in [5.41, 5.74) is 1.19. The van der Waals surface area contributed by atoms with Crippen molar-refractivity contribution >= 4 is 17.3 Å². The summed E-state index contributed by atoms with van der Waals surface area (Å²) in [7, 11) is 0. The van der Waals surface area contributed by atoms with Gasteiger partial charge in [0.2, 0.25) is 0 Å². The van der Waals surface area contributed by atoms with Gasteiger partial charge in [-0.15, -0.1) is 0 Å². The van der Waals surface area contributed by atoms with Crippen molar-refractivity contribution in [1.29, 1.82) is 0 Å². The number of hydrogen-bond acceptors (Lipinski definition) is 4. The van der Waals surface area contributed by atoms with Crippen molar-refractivity contribution in [2.24, 2.45) is 0 Å². The third-order valence-corrected chi connectivity index (χ3v) is 3.13. The van der Waals surface area contributed by atoms with Crippen LogP contribution in [-0.2, 0) is 4.79 Å². The molecule has 0 spiro atoms. The monoisotopic (exact) mass is 251 g/mol. The van der Waals surface area contributed by atoms with Crippen molar-refractivity contribution < 1.29 is 13.9 Å². The fraction of sp³-hybridized carbons (Fsp3) is 0.417. The Labute approximate surface area is 104 Å². The van der Waals surface area contributed by atoms with Gasteiger partial charge in [-0.3, -0.25) is 4.79 Å². The van der Waals surface area contributed by atoms with Crippen LogP contribution in [0.25, 0.3) is 0 Å². The van der Waals surface area contributed by atoms with Crippen LogP contribution in [0, 0.1) is 5.82 Å². The van der Waals surface area contributed by atoms with Crippen LogP contribution in [0.2, 0.25) is 0 Å². The van der Waals surface area contributed by atoms with Crippen LogP contribution < -0.4 is 20.3 Å². The molecule has 0 radical (unpaired) electrons.